The summed E-state index contributed by atoms with van der Waals surface area (Å²) in [4.78, 5) is 12.9. The maximum absolute atomic E-state index is 12.9. The van der Waals surface area contributed by atoms with Crippen LogP contribution < -0.4 is 5.32 Å². The Morgan fingerprint density at radius 3 is 1.30 bits per heavy atom. The molecule has 71 heavy (non-hydrogen) atoms. The molecule has 0 aliphatic carbocycles. The number of allylic oxidation sites excluding steroid dienone is 17. The third-order valence-electron chi connectivity index (χ3n) is 12.9. The highest BCUT2D eigenvalue weighted by molar-refractivity contribution is 5.76. The second kappa shape index (κ2) is 50.4. The topological polar surface area (TPSA) is 149 Å². The van der Waals surface area contributed by atoms with Crippen LogP contribution in [-0.2, 0) is 14.3 Å². The van der Waals surface area contributed by atoms with Crippen molar-refractivity contribution in [3.8, 4) is 0 Å². The van der Waals surface area contributed by atoms with Crippen molar-refractivity contribution in [3.63, 3.8) is 0 Å². The van der Waals surface area contributed by atoms with E-state index in [1.807, 2.05) is 6.08 Å². The van der Waals surface area contributed by atoms with E-state index in [1.165, 1.54) is 109 Å². The van der Waals surface area contributed by atoms with Crippen LogP contribution in [0.2, 0.25) is 0 Å². The Hall–Kier alpha value is -3.15. The average molecular weight is 993 g/mol. The highest BCUT2D eigenvalue weighted by Crippen LogP contribution is 2.23. The van der Waals surface area contributed by atoms with Crippen LogP contribution in [0.3, 0.4) is 0 Å². The van der Waals surface area contributed by atoms with Gasteiger partial charge >= 0.3 is 0 Å². The van der Waals surface area contributed by atoms with Crippen molar-refractivity contribution in [1.82, 2.24) is 5.32 Å². The number of ether oxygens (including phenoxy) is 2. The fraction of sp³-hybridized carbons (Fsp3) is 0.694. The van der Waals surface area contributed by atoms with Gasteiger partial charge in [0.15, 0.2) is 6.29 Å². The lowest BCUT2D eigenvalue weighted by Gasteiger charge is -2.40. The molecule has 0 saturated carbocycles. The van der Waals surface area contributed by atoms with Crippen LogP contribution in [-0.4, -0.2) is 87.5 Å². The van der Waals surface area contributed by atoms with E-state index in [0.717, 1.165) is 89.9 Å². The van der Waals surface area contributed by atoms with Crippen molar-refractivity contribution < 1.29 is 39.8 Å². The summed E-state index contributed by atoms with van der Waals surface area (Å²) in [5.41, 5.74) is 0. The summed E-state index contributed by atoms with van der Waals surface area (Å²) in [5.74, 6) is -0.185. The summed E-state index contributed by atoms with van der Waals surface area (Å²) >= 11 is 0. The summed E-state index contributed by atoms with van der Waals surface area (Å²) in [6.07, 6.45) is 67.8. The van der Waals surface area contributed by atoms with Crippen molar-refractivity contribution in [2.45, 2.75) is 262 Å². The molecule has 0 spiro atoms. The molecule has 1 heterocycles. The molecule has 1 aliphatic heterocycles. The molecular formula is C62H105NO8. The SMILES string of the molecule is CC/C=C\C/C=C\C/C=C\C/C=C\C/C=C\C/C=C\C/C=C\C/C=C\CCCCCCCCCCCCCCCCCCC(=O)NC(COC1OC(CO)C(O)C(O)C1O)C(O)/C=C/CCCCCCC. The number of rotatable bonds is 47. The number of carbonyl (C=O) groups is 1. The zero-order chi connectivity index (χ0) is 51.5. The third kappa shape index (κ3) is 40.0. The lowest BCUT2D eigenvalue weighted by Crippen LogP contribution is -2.60. The Balaban J connectivity index is 2.02. The van der Waals surface area contributed by atoms with Gasteiger partial charge in [0.25, 0.3) is 0 Å². The van der Waals surface area contributed by atoms with Crippen molar-refractivity contribution >= 4 is 5.91 Å². The van der Waals surface area contributed by atoms with Crippen molar-refractivity contribution in [2.24, 2.45) is 0 Å². The van der Waals surface area contributed by atoms with E-state index in [4.69, 9.17) is 9.47 Å². The molecule has 7 atom stereocenters. The quantitative estimate of drug-likeness (QED) is 0.0261. The second-order valence-electron chi connectivity index (χ2n) is 19.4. The van der Waals surface area contributed by atoms with Gasteiger partial charge in [-0.2, -0.15) is 0 Å². The molecular weight excluding hydrogens is 887 g/mol. The predicted molar refractivity (Wildman–Crippen MR) is 299 cm³/mol. The largest absolute Gasteiger partial charge is 0.394 e. The molecule has 406 valence electrons. The monoisotopic (exact) mass is 992 g/mol. The third-order valence-corrected chi connectivity index (χ3v) is 12.9. The summed E-state index contributed by atoms with van der Waals surface area (Å²) in [7, 11) is 0. The highest BCUT2D eigenvalue weighted by atomic mass is 16.7. The summed E-state index contributed by atoms with van der Waals surface area (Å²) in [6.45, 7) is 3.59. The average Bonchev–Trinajstić information content (AvgIpc) is 3.37. The normalized spacial score (nSPS) is 20.1. The molecule has 1 rings (SSSR count). The lowest BCUT2D eigenvalue weighted by molar-refractivity contribution is -0.302. The van der Waals surface area contributed by atoms with Crippen LogP contribution in [0, 0.1) is 0 Å². The Morgan fingerprint density at radius 1 is 0.493 bits per heavy atom. The Labute approximate surface area is 434 Å². The first kappa shape index (κ1) is 65.9. The van der Waals surface area contributed by atoms with E-state index in [2.05, 4.69) is 116 Å². The van der Waals surface area contributed by atoms with Gasteiger partial charge in [0.2, 0.25) is 5.91 Å². The van der Waals surface area contributed by atoms with E-state index in [1.54, 1.807) is 6.08 Å². The van der Waals surface area contributed by atoms with E-state index < -0.39 is 49.5 Å². The van der Waals surface area contributed by atoms with Crippen molar-refractivity contribution in [2.75, 3.05) is 13.2 Å². The first-order valence-corrected chi connectivity index (χ1v) is 28.6. The Morgan fingerprint density at radius 2 is 0.873 bits per heavy atom. The van der Waals surface area contributed by atoms with Crippen LogP contribution in [0.1, 0.15) is 219 Å². The fourth-order valence-electron chi connectivity index (χ4n) is 8.35. The standard InChI is InChI=1S/C62H105NO8/c1-3-5-7-9-11-12-13-14-15-16-17-18-19-20-21-22-23-24-25-26-27-28-29-30-31-32-33-34-35-36-37-38-39-40-41-42-43-44-46-48-50-52-58(66)63-55(56(65)51-49-47-45-10-8-6-4-2)54-70-62-61(69)60(68)59(67)57(53-64)71-62/h5,7,11-12,14-15,17-18,20-21,23-24,26-27,29-30,49,51,55-57,59-62,64-65,67-69H,3-4,6,8-10,13,16,19,22,25,28,31-48,50,52-54H2,1-2H3,(H,63,66)/b7-5-,12-11-,15-14-,18-17-,21-20-,24-23-,27-26-,30-29-,51-49+. The molecule has 0 radical (unpaired) electrons. The zero-order valence-electron chi connectivity index (χ0n) is 44.9. The first-order chi connectivity index (χ1) is 34.8. The zero-order valence-corrected chi connectivity index (χ0v) is 44.9. The minimum atomic E-state index is -1.57. The number of unbranched alkanes of at least 4 members (excludes halogenated alkanes) is 21. The maximum Gasteiger partial charge on any atom is 0.220 e. The highest BCUT2D eigenvalue weighted by Gasteiger charge is 2.44. The molecule has 1 saturated heterocycles. The van der Waals surface area contributed by atoms with E-state index in [-0.39, 0.29) is 12.5 Å². The molecule has 0 aromatic rings. The number of aliphatic hydroxyl groups excluding tert-OH is 5. The molecule has 9 nitrogen and oxygen atoms in total. The van der Waals surface area contributed by atoms with Gasteiger partial charge in [0.1, 0.15) is 24.4 Å². The predicted octanol–water partition coefficient (Wildman–Crippen LogP) is 14.2. The van der Waals surface area contributed by atoms with Gasteiger partial charge in [0.05, 0.1) is 25.4 Å². The Kier molecular flexibility index (Phi) is 46.7. The minimum Gasteiger partial charge on any atom is -0.394 e. The number of aliphatic hydroxyl groups is 5. The van der Waals surface area contributed by atoms with Gasteiger partial charge in [-0.05, 0) is 83.5 Å². The number of hydrogen-bond donors (Lipinski definition) is 6. The fourth-order valence-corrected chi connectivity index (χ4v) is 8.35. The summed E-state index contributed by atoms with van der Waals surface area (Å²) in [5, 5.41) is 54.0. The van der Waals surface area contributed by atoms with E-state index in [0.29, 0.717) is 6.42 Å². The van der Waals surface area contributed by atoms with Gasteiger partial charge in [-0.1, -0.05) is 239 Å². The maximum atomic E-state index is 12.9. The van der Waals surface area contributed by atoms with Crippen molar-refractivity contribution in [3.05, 3.63) is 109 Å². The van der Waals surface area contributed by atoms with E-state index >= 15 is 0 Å². The summed E-state index contributed by atoms with van der Waals surface area (Å²) < 4.78 is 11.2. The number of hydrogen-bond acceptors (Lipinski definition) is 8. The molecule has 0 aromatic heterocycles. The molecule has 6 N–H and O–H groups in total. The molecule has 1 amide bonds. The Bertz CT molecular complexity index is 1480. The second-order valence-corrected chi connectivity index (χ2v) is 19.4. The smallest absolute Gasteiger partial charge is 0.220 e. The van der Waals surface area contributed by atoms with Crippen LogP contribution in [0.4, 0.5) is 0 Å². The van der Waals surface area contributed by atoms with Gasteiger partial charge in [-0.25, -0.2) is 0 Å². The summed E-state index contributed by atoms with van der Waals surface area (Å²) in [6, 6.07) is -0.806. The molecule has 1 fully saturated rings. The van der Waals surface area contributed by atoms with E-state index in [9.17, 15) is 30.3 Å². The molecule has 1 aliphatic rings. The van der Waals surface area contributed by atoms with Crippen LogP contribution in [0.15, 0.2) is 109 Å². The van der Waals surface area contributed by atoms with Crippen LogP contribution >= 0.6 is 0 Å². The first-order valence-electron chi connectivity index (χ1n) is 28.6. The van der Waals surface area contributed by atoms with Crippen LogP contribution in [0.5, 0.6) is 0 Å². The molecule has 0 aromatic carbocycles. The lowest BCUT2D eigenvalue weighted by atomic mass is 9.99. The number of amides is 1. The number of carbonyl (C=O) groups excluding carboxylic acids is 1. The van der Waals surface area contributed by atoms with Crippen LogP contribution in [0.25, 0.3) is 0 Å². The van der Waals surface area contributed by atoms with Crippen molar-refractivity contribution in [1.29, 1.82) is 0 Å². The van der Waals surface area contributed by atoms with Gasteiger partial charge < -0.3 is 40.3 Å². The molecule has 7 unspecified atom stereocenters. The molecule has 0 bridgehead atoms. The van der Waals surface area contributed by atoms with Gasteiger partial charge in [0, 0.05) is 6.42 Å². The number of nitrogens with one attached hydrogen (secondary N) is 1. The van der Waals surface area contributed by atoms with Gasteiger partial charge in [-0.3, -0.25) is 4.79 Å². The van der Waals surface area contributed by atoms with Gasteiger partial charge in [-0.15, -0.1) is 0 Å². The minimum absolute atomic E-state index is 0.185. The molecule has 9 heteroatoms.